The molecule has 100 valence electrons. The van der Waals surface area contributed by atoms with Gasteiger partial charge >= 0.3 is 5.97 Å². The number of carbonyl (C=O) groups excluding carboxylic acids is 1. The molecule has 0 N–H and O–H groups in total. The van der Waals surface area contributed by atoms with Crippen LogP contribution in [0.2, 0.25) is 0 Å². The number of hydrogen-bond acceptors (Lipinski definition) is 4. The zero-order valence-corrected chi connectivity index (χ0v) is 12.6. The Labute approximate surface area is 125 Å². The van der Waals surface area contributed by atoms with E-state index in [4.69, 9.17) is 4.74 Å². The van der Waals surface area contributed by atoms with E-state index < -0.39 is 23.4 Å². The number of ether oxygens (including phenoxy) is 2. The van der Waals surface area contributed by atoms with E-state index in [1.807, 2.05) is 0 Å². The van der Waals surface area contributed by atoms with Crippen LogP contribution >= 0.6 is 33.9 Å². The Hall–Kier alpha value is -1.22. The fraction of sp³-hybridized carbons (Fsp3) is 0.0833. The summed E-state index contributed by atoms with van der Waals surface area (Å²) in [6.45, 7) is 0. The highest BCUT2D eigenvalue weighted by molar-refractivity contribution is 14.1. The molecule has 0 bridgehead atoms. The standard InChI is InChI=1S/C12H7F2IO3S/c1-17-12(16)11-9(2-3-19-11)18-10-7(13)4-6(15)5-8(10)14/h2-5H,1H3. The molecule has 1 heterocycles. The van der Waals surface area contributed by atoms with Crippen LogP contribution in [0.15, 0.2) is 23.6 Å². The summed E-state index contributed by atoms with van der Waals surface area (Å²) in [5.74, 6) is -2.74. The van der Waals surface area contributed by atoms with Crippen molar-refractivity contribution in [1.82, 2.24) is 0 Å². The second-order valence-corrected chi connectivity index (χ2v) is 5.57. The second-order valence-electron chi connectivity index (χ2n) is 3.41. The van der Waals surface area contributed by atoms with E-state index in [9.17, 15) is 13.6 Å². The third-order valence-electron chi connectivity index (χ3n) is 2.17. The topological polar surface area (TPSA) is 35.5 Å². The van der Waals surface area contributed by atoms with Crippen molar-refractivity contribution in [2.24, 2.45) is 0 Å². The first kappa shape index (κ1) is 14.2. The van der Waals surface area contributed by atoms with Gasteiger partial charge in [-0.1, -0.05) is 0 Å². The lowest BCUT2D eigenvalue weighted by Gasteiger charge is -2.08. The van der Waals surface area contributed by atoms with Crippen molar-refractivity contribution in [2.45, 2.75) is 0 Å². The normalized spacial score (nSPS) is 10.3. The summed E-state index contributed by atoms with van der Waals surface area (Å²) in [5.41, 5.74) is 0. The van der Waals surface area contributed by atoms with Gasteiger partial charge in [0, 0.05) is 3.57 Å². The zero-order valence-electron chi connectivity index (χ0n) is 9.58. The van der Waals surface area contributed by atoms with E-state index >= 15 is 0 Å². The molecule has 1 aromatic heterocycles. The molecule has 0 saturated carbocycles. The number of rotatable bonds is 3. The van der Waals surface area contributed by atoms with E-state index in [2.05, 4.69) is 4.74 Å². The summed E-state index contributed by atoms with van der Waals surface area (Å²) in [5, 5.41) is 1.57. The summed E-state index contributed by atoms with van der Waals surface area (Å²) < 4.78 is 37.4. The van der Waals surface area contributed by atoms with Crippen LogP contribution in [-0.4, -0.2) is 13.1 Å². The van der Waals surface area contributed by atoms with Crippen LogP contribution < -0.4 is 4.74 Å². The van der Waals surface area contributed by atoms with Gasteiger partial charge in [-0.05, 0) is 46.2 Å². The lowest BCUT2D eigenvalue weighted by atomic mass is 10.3. The molecule has 0 amide bonds. The van der Waals surface area contributed by atoms with Crippen molar-refractivity contribution in [2.75, 3.05) is 7.11 Å². The molecular weight excluding hydrogens is 389 g/mol. The van der Waals surface area contributed by atoms with Gasteiger partial charge in [-0.25, -0.2) is 13.6 Å². The first-order valence-electron chi connectivity index (χ1n) is 5.01. The molecule has 3 nitrogen and oxygen atoms in total. The minimum Gasteiger partial charge on any atom is -0.465 e. The molecule has 1 aromatic carbocycles. The molecular formula is C12H7F2IO3S. The molecule has 0 aliphatic carbocycles. The third-order valence-corrected chi connectivity index (χ3v) is 3.67. The number of carbonyl (C=O) groups is 1. The first-order valence-corrected chi connectivity index (χ1v) is 6.97. The Kier molecular flexibility index (Phi) is 4.35. The first-order chi connectivity index (χ1) is 9.02. The lowest BCUT2D eigenvalue weighted by molar-refractivity contribution is 0.0603. The maximum atomic E-state index is 13.6. The summed E-state index contributed by atoms with van der Waals surface area (Å²) in [7, 11) is 1.22. The second kappa shape index (κ2) is 5.83. The quantitative estimate of drug-likeness (QED) is 0.576. The summed E-state index contributed by atoms with van der Waals surface area (Å²) in [6.07, 6.45) is 0. The monoisotopic (exact) mass is 396 g/mol. The van der Waals surface area contributed by atoms with Crippen LogP contribution in [0.4, 0.5) is 8.78 Å². The van der Waals surface area contributed by atoms with Crippen LogP contribution in [0.1, 0.15) is 9.67 Å². The molecule has 0 atom stereocenters. The number of halogens is 3. The predicted molar refractivity (Wildman–Crippen MR) is 74.8 cm³/mol. The van der Waals surface area contributed by atoms with Gasteiger partial charge in [0.05, 0.1) is 7.11 Å². The van der Waals surface area contributed by atoms with Crippen molar-refractivity contribution in [1.29, 1.82) is 0 Å². The van der Waals surface area contributed by atoms with Gasteiger partial charge in [-0.15, -0.1) is 11.3 Å². The van der Waals surface area contributed by atoms with Gasteiger partial charge in [0.2, 0.25) is 0 Å². The molecule has 0 fully saturated rings. The number of methoxy groups -OCH3 is 1. The van der Waals surface area contributed by atoms with E-state index in [0.717, 1.165) is 23.5 Å². The van der Waals surface area contributed by atoms with Crippen molar-refractivity contribution in [3.05, 3.63) is 43.7 Å². The maximum Gasteiger partial charge on any atom is 0.351 e. The van der Waals surface area contributed by atoms with Crippen LogP contribution in [0.5, 0.6) is 11.5 Å². The average Bonchev–Trinajstić information content (AvgIpc) is 2.80. The van der Waals surface area contributed by atoms with Crippen molar-refractivity contribution >= 4 is 39.9 Å². The fourth-order valence-electron chi connectivity index (χ4n) is 1.36. The van der Waals surface area contributed by atoms with Gasteiger partial charge in [0.25, 0.3) is 0 Å². The molecule has 0 aliphatic rings. The molecule has 19 heavy (non-hydrogen) atoms. The Balaban J connectivity index is 2.37. The molecule has 0 aliphatic heterocycles. The molecule has 0 spiro atoms. The highest BCUT2D eigenvalue weighted by Gasteiger charge is 2.19. The average molecular weight is 396 g/mol. The Morgan fingerprint density at radius 1 is 1.32 bits per heavy atom. The van der Waals surface area contributed by atoms with Gasteiger partial charge in [0.1, 0.15) is 0 Å². The van der Waals surface area contributed by atoms with Crippen LogP contribution in [0.25, 0.3) is 0 Å². The van der Waals surface area contributed by atoms with Crippen LogP contribution in [0, 0.1) is 15.2 Å². The minimum atomic E-state index is -0.827. The predicted octanol–water partition coefficient (Wildman–Crippen LogP) is 4.21. The molecule has 7 heteroatoms. The van der Waals surface area contributed by atoms with E-state index in [1.54, 1.807) is 28.0 Å². The summed E-state index contributed by atoms with van der Waals surface area (Å²) in [6, 6.07) is 3.74. The molecule has 0 radical (unpaired) electrons. The smallest absolute Gasteiger partial charge is 0.351 e. The molecule has 0 unspecified atom stereocenters. The highest BCUT2D eigenvalue weighted by Crippen LogP contribution is 2.33. The maximum absolute atomic E-state index is 13.6. The van der Waals surface area contributed by atoms with Crippen molar-refractivity contribution in [3.8, 4) is 11.5 Å². The lowest BCUT2D eigenvalue weighted by Crippen LogP contribution is -2.01. The SMILES string of the molecule is COC(=O)c1sccc1Oc1c(F)cc(I)cc1F. The van der Waals surface area contributed by atoms with Gasteiger partial charge < -0.3 is 9.47 Å². The number of hydrogen-bond donors (Lipinski definition) is 0. The molecule has 2 aromatic rings. The van der Waals surface area contributed by atoms with E-state index in [0.29, 0.717) is 3.57 Å². The van der Waals surface area contributed by atoms with E-state index in [1.165, 1.54) is 13.2 Å². The van der Waals surface area contributed by atoms with Crippen LogP contribution in [0.3, 0.4) is 0 Å². The number of thiophene rings is 1. The number of benzene rings is 1. The van der Waals surface area contributed by atoms with E-state index in [-0.39, 0.29) is 10.6 Å². The zero-order chi connectivity index (χ0) is 14.0. The fourth-order valence-corrected chi connectivity index (χ4v) is 2.64. The van der Waals surface area contributed by atoms with Crippen LogP contribution in [-0.2, 0) is 4.74 Å². The Bertz CT molecular complexity index is 604. The molecule has 2 rings (SSSR count). The third kappa shape index (κ3) is 3.03. The van der Waals surface area contributed by atoms with Gasteiger partial charge in [0.15, 0.2) is 28.0 Å². The minimum absolute atomic E-state index is 0.0656. The molecule has 0 saturated heterocycles. The van der Waals surface area contributed by atoms with Gasteiger partial charge in [-0.2, -0.15) is 0 Å². The summed E-state index contributed by atoms with van der Waals surface area (Å²) >= 11 is 2.86. The highest BCUT2D eigenvalue weighted by atomic mass is 127. The summed E-state index contributed by atoms with van der Waals surface area (Å²) in [4.78, 5) is 11.6. The van der Waals surface area contributed by atoms with Crippen molar-refractivity contribution in [3.63, 3.8) is 0 Å². The number of esters is 1. The Morgan fingerprint density at radius 2 is 1.95 bits per heavy atom. The van der Waals surface area contributed by atoms with Crippen molar-refractivity contribution < 1.29 is 23.0 Å². The van der Waals surface area contributed by atoms with Gasteiger partial charge in [-0.3, -0.25) is 0 Å². The Morgan fingerprint density at radius 3 is 2.53 bits per heavy atom. The largest absolute Gasteiger partial charge is 0.465 e.